The number of hydrogen-bond donors (Lipinski definition) is 0. The molecule has 1 aromatic rings. The zero-order valence-corrected chi connectivity index (χ0v) is 11.4. The van der Waals surface area contributed by atoms with Crippen molar-refractivity contribution < 1.29 is 9.53 Å². The summed E-state index contributed by atoms with van der Waals surface area (Å²) in [4.78, 5) is 14.7. The molecule has 16 heavy (non-hydrogen) atoms. The maximum absolute atomic E-state index is 11.7. The highest BCUT2D eigenvalue weighted by Gasteiger charge is 2.22. The molecule has 0 radical (unpaired) electrons. The van der Waals surface area contributed by atoms with Gasteiger partial charge in [-0.1, -0.05) is 0 Å². The molecule has 0 N–H and O–H groups in total. The van der Waals surface area contributed by atoms with Crippen molar-refractivity contribution in [2.45, 2.75) is 33.7 Å². The van der Waals surface area contributed by atoms with Crippen LogP contribution in [0.2, 0.25) is 0 Å². The van der Waals surface area contributed by atoms with Crippen LogP contribution in [0.25, 0.3) is 0 Å². The summed E-state index contributed by atoms with van der Waals surface area (Å²) in [7, 11) is 1.65. The molecule has 0 aromatic carbocycles. The van der Waals surface area contributed by atoms with Crippen LogP contribution in [0.1, 0.15) is 24.3 Å². The molecule has 0 fully saturated rings. The molecule has 90 valence electrons. The van der Waals surface area contributed by atoms with Gasteiger partial charge in [-0.25, -0.2) is 0 Å². The van der Waals surface area contributed by atoms with Crippen LogP contribution in [0.4, 0.5) is 5.69 Å². The first kappa shape index (κ1) is 13.2. The van der Waals surface area contributed by atoms with Gasteiger partial charge in [-0.05, 0) is 31.7 Å². The van der Waals surface area contributed by atoms with E-state index in [9.17, 15) is 4.79 Å². The summed E-state index contributed by atoms with van der Waals surface area (Å²) in [6.45, 7) is 8.23. The van der Waals surface area contributed by atoms with Gasteiger partial charge in [-0.15, -0.1) is 11.3 Å². The average molecular weight is 241 g/mol. The molecule has 1 heterocycles. The Morgan fingerprint density at radius 1 is 1.56 bits per heavy atom. The summed E-state index contributed by atoms with van der Waals surface area (Å²) in [5.74, 6) is 0.0640. The predicted molar refractivity (Wildman–Crippen MR) is 68.3 cm³/mol. The van der Waals surface area contributed by atoms with E-state index in [4.69, 9.17) is 4.74 Å². The van der Waals surface area contributed by atoms with Crippen LogP contribution in [-0.4, -0.2) is 25.7 Å². The fourth-order valence-electron chi connectivity index (χ4n) is 1.93. The van der Waals surface area contributed by atoms with Crippen molar-refractivity contribution in [2.75, 3.05) is 18.6 Å². The zero-order chi connectivity index (χ0) is 12.3. The van der Waals surface area contributed by atoms with Gasteiger partial charge in [-0.3, -0.25) is 4.79 Å². The lowest BCUT2D eigenvalue weighted by Crippen LogP contribution is -2.40. The highest BCUT2D eigenvalue weighted by atomic mass is 32.1. The van der Waals surface area contributed by atoms with E-state index >= 15 is 0 Å². The second-order valence-corrected chi connectivity index (χ2v) is 5.10. The molecule has 0 aliphatic carbocycles. The normalized spacial score (nSPS) is 12.6. The van der Waals surface area contributed by atoms with Gasteiger partial charge in [0.2, 0.25) is 5.91 Å². The van der Waals surface area contributed by atoms with Crippen LogP contribution in [0.3, 0.4) is 0 Å². The minimum absolute atomic E-state index is 0.0640. The minimum Gasteiger partial charge on any atom is -0.383 e. The first-order valence-electron chi connectivity index (χ1n) is 5.32. The third kappa shape index (κ3) is 2.62. The number of carbonyl (C=O) groups excluding carboxylic acids is 1. The molecule has 1 unspecified atom stereocenters. The Kier molecular flexibility index (Phi) is 4.50. The maximum atomic E-state index is 11.7. The Morgan fingerprint density at radius 3 is 2.56 bits per heavy atom. The average Bonchev–Trinajstić information content (AvgIpc) is 2.50. The molecule has 1 atom stereocenters. The van der Waals surface area contributed by atoms with E-state index in [1.807, 2.05) is 25.7 Å². The number of methoxy groups -OCH3 is 1. The Bertz CT molecular complexity index is 354. The molecule has 1 rings (SSSR count). The number of ether oxygens (including phenoxy) is 1. The van der Waals surface area contributed by atoms with Crippen molar-refractivity contribution in [3.05, 3.63) is 15.8 Å². The number of thiophene rings is 1. The lowest BCUT2D eigenvalue weighted by Gasteiger charge is -2.28. The van der Waals surface area contributed by atoms with Gasteiger partial charge >= 0.3 is 0 Å². The minimum atomic E-state index is 0.0640. The molecule has 0 bridgehead atoms. The number of amides is 1. The first-order valence-corrected chi connectivity index (χ1v) is 6.20. The van der Waals surface area contributed by atoms with Crippen LogP contribution >= 0.6 is 11.3 Å². The number of nitrogens with zero attached hydrogens (tertiary/aromatic N) is 1. The van der Waals surface area contributed by atoms with Gasteiger partial charge in [0.05, 0.1) is 18.3 Å². The summed E-state index contributed by atoms with van der Waals surface area (Å²) in [5, 5.41) is 2.08. The third-order valence-electron chi connectivity index (χ3n) is 2.55. The lowest BCUT2D eigenvalue weighted by atomic mass is 10.2. The maximum Gasteiger partial charge on any atom is 0.224 e. The van der Waals surface area contributed by atoms with Crippen molar-refractivity contribution >= 4 is 22.9 Å². The fraction of sp³-hybridized carbons (Fsp3) is 0.583. The van der Waals surface area contributed by atoms with E-state index in [1.165, 1.54) is 4.88 Å². The smallest absolute Gasteiger partial charge is 0.224 e. The standard InChI is InChI=1S/C12H19NO2S/c1-8-7-16-10(3)12(8)13(11(4)14)9(2)6-15-5/h7,9H,6H2,1-5H3. The van der Waals surface area contributed by atoms with Crippen molar-refractivity contribution in [1.29, 1.82) is 0 Å². The second kappa shape index (κ2) is 5.46. The molecule has 0 spiro atoms. The zero-order valence-electron chi connectivity index (χ0n) is 10.5. The van der Waals surface area contributed by atoms with Gasteiger partial charge in [-0.2, -0.15) is 0 Å². The van der Waals surface area contributed by atoms with Gasteiger partial charge < -0.3 is 9.64 Å². The fourth-order valence-corrected chi connectivity index (χ4v) is 2.77. The van der Waals surface area contributed by atoms with Crippen LogP contribution < -0.4 is 4.90 Å². The monoisotopic (exact) mass is 241 g/mol. The van der Waals surface area contributed by atoms with Crippen molar-refractivity contribution in [1.82, 2.24) is 0 Å². The number of hydrogen-bond acceptors (Lipinski definition) is 3. The number of anilines is 1. The molecule has 4 heteroatoms. The quantitative estimate of drug-likeness (QED) is 0.811. The molecule has 0 aliphatic rings. The second-order valence-electron chi connectivity index (χ2n) is 4.02. The van der Waals surface area contributed by atoms with E-state index in [-0.39, 0.29) is 11.9 Å². The van der Waals surface area contributed by atoms with Gasteiger partial charge in [0.1, 0.15) is 0 Å². The van der Waals surface area contributed by atoms with Crippen LogP contribution in [0, 0.1) is 13.8 Å². The van der Waals surface area contributed by atoms with Crippen molar-refractivity contribution in [3.8, 4) is 0 Å². The summed E-state index contributed by atoms with van der Waals surface area (Å²) < 4.78 is 5.12. The molecule has 3 nitrogen and oxygen atoms in total. The van der Waals surface area contributed by atoms with Gasteiger partial charge in [0, 0.05) is 18.9 Å². The number of carbonyl (C=O) groups is 1. The van der Waals surface area contributed by atoms with Crippen LogP contribution in [0.5, 0.6) is 0 Å². The first-order chi connectivity index (χ1) is 7.49. The highest BCUT2D eigenvalue weighted by Crippen LogP contribution is 2.31. The topological polar surface area (TPSA) is 29.5 Å². The van der Waals surface area contributed by atoms with E-state index in [1.54, 1.807) is 25.4 Å². The van der Waals surface area contributed by atoms with Crippen molar-refractivity contribution in [3.63, 3.8) is 0 Å². The predicted octanol–water partition coefficient (Wildman–Crippen LogP) is 2.75. The van der Waals surface area contributed by atoms with Gasteiger partial charge in [0.25, 0.3) is 0 Å². The Morgan fingerprint density at radius 2 is 2.19 bits per heavy atom. The largest absolute Gasteiger partial charge is 0.383 e. The van der Waals surface area contributed by atoms with E-state index in [0.29, 0.717) is 6.61 Å². The summed E-state index contributed by atoms with van der Waals surface area (Å²) >= 11 is 1.68. The Hall–Kier alpha value is -0.870. The van der Waals surface area contributed by atoms with Crippen molar-refractivity contribution in [2.24, 2.45) is 0 Å². The number of rotatable bonds is 4. The summed E-state index contributed by atoms with van der Waals surface area (Å²) in [6, 6.07) is 0.0644. The molecule has 1 aromatic heterocycles. The molecule has 0 saturated carbocycles. The van der Waals surface area contributed by atoms with E-state index in [0.717, 1.165) is 11.3 Å². The molecular formula is C12H19NO2S. The summed E-state index contributed by atoms with van der Waals surface area (Å²) in [5.41, 5.74) is 2.20. The molecule has 0 saturated heterocycles. The Labute approximate surface area is 101 Å². The van der Waals surface area contributed by atoms with Crippen LogP contribution in [-0.2, 0) is 9.53 Å². The molecule has 0 aliphatic heterocycles. The summed E-state index contributed by atoms with van der Waals surface area (Å²) in [6.07, 6.45) is 0. The third-order valence-corrected chi connectivity index (χ3v) is 3.57. The SMILES string of the molecule is COCC(C)N(C(C)=O)c1c(C)csc1C. The Balaban J connectivity index is 3.07. The molecular weight excluding hydrogens is 222 g/mol. The number of aryl methyl sites for hydroxylation is 2. The highest BCUT2D eigenvalue weighted by molar-refractivity contribution is 7.10. The van der Waals surface area contributed by atoms with E-state index in [2.05, 4.69) is 5.38 Å². The van der Waals surface area contributed by atoms with E-state index < -0.39 is 0 Å². The van der Waals surface area contributed by atoms with Gasteiger partial charge in [0.15, 0.2) is 0 Å². The van der Waals surface area contributed by atoms with Crippen LogP contribution in [0.15, 0.2) is 5.38 Å². The molecule has 1 amide bonds. The lowest BCUT2D eigenvalue weighted by molar-refractivity contribution is -0.117.